The first-order valence-corrected chi connectivity index (χ1v) is 5.58. The molecule has 0 amide bonds. The second-order valence-corrected chi connectivity index (χ2v) is 3.89. The predicted molar refractivity (Wildman–Crippen MR) is 60.0 cm³/mol. The summed E-state index contributed by atoms with van der Waals surface area (Å²) in [6, 6.07) is -0.741. The van der Waals surface area contributed by atoms with E-state index in [4.69, 9.17) is 16.6 Å². The van der Waals surface area contributed by atoms with E-state index in [1.54, 1.807) is 18.0 Å². The molecular weight excluding hydrogens is 202 g/mol. The van der Waals surface area contributed by atoms with Crippen molar-refractivity contribution in [2.75, 3.05) is 24.6 Å². The van der Waals surface area contributed by atoms with Crippen molar-refractivity contribution in [3.63, 3.8) is 0 Å². The van der Waals surface area contributed by atoms with Gasteiger partial charge >= 0.3 is 5.97 Å². The van der Waals surface area contributed by atoms with Gasteiger partial charge < -0.3 is 16.6 Å². The van der Waals surface area contributed by atoms with Crippen molar-refractivity contribution in [1.82, 2.24) is 0 Å². The summed E-state index contributed by atoms with van der Waals surface area (Å²) in [6.07, 6.45) is 2.17. The first kappa shape index (κ1) is 13.4. The van der Waals surface area contributed by atoms with E-state index in [-0.39, 0.29) is 0 Å². The lowest BCUT2D eigenvalue weighted by Gasteiger charge is -2.04. The topological polar surface area (TPSA) is 102 Å². The highest BCUT2D eigenvalue weighted by Gasteiger charge is 2.09. The zero-order valence-corrected chi connectivity index (χ0v) is 8.87. The molecule has 1 atom stereocenters. The Kier molecular flexibility index (Phi) is 8.61. The van der Waals surface area contributed by atoms with Gasteiger partial charge in [0.25, 0.3) is 0 Å². The fourth-order valence-electron chi connectivity index (χ4n) is 0.719. The molecule has 0 aliphatic rings. The number of carbonyl (C=O) groups is 1. The summed E-state index contributed by atoms with van der Waals surface area (Å²) in [4.78, 5) is 14.4. The average molecular weight is 219 g/mol. The summed E-state index contributed by atoms with van der Waals surface area (Å²) in [5.41, 5.74) is 10.5. The lowest BCUT2D eigenvalue weighted by Crippen LogP contribution is -2.30. The van der Waals surface area contributed by atoms with Crippen molar-refractivity contribution in [1.29, 1.82) is 0 Å². The van der Waals surface area contributed by atoms with Crippen molar-refractivity contribution >= 4 is 23.9 Å². The van der Waals surface area contributed by atoms with E-state index in [2.05, 4.69) is 4.99 Å². The van der Waals surface area contributed by atoms with E-state index in [0.717, 1.165) is 18.1 Å². The maximum atomic E-state index is 10.3. The molecule has 5 N–H and O–H groups in total. The lowest BCUT2D eigenvalue weighted by atomic mass is 10.2. The summed E-state index contributed by atoms with van der Waals surface area (Å²) in [6.45, 7) is 1.19. The van der Waals surface area contributed by atoms with Crippen molar-refractivity contribution in [2.24, 2.45) is 16.5 Å². The summed E-state index contributed by atoms with van der Waals surface area (Å²) >= 11 is 1.65. The van der Waals surface area contributed by atoms with Gasteiger partial charge in [0.15, 0.2) is 0 Å². The Labute approximate surface area is 87.9 Å². The fourth-order valence-corrected chi connectivity index (χ4v) is 1.58. The minimum absolute atomic E-state index is 0.467. The minimum Gasteiger partial charge on any atom is -0.480 e. The van der Waals surface area contributed by atoms with Crippen LogP contribution in [0.5, 0.6) is 0 Å². The van der Waals surface area contributed by atoms with E-state index in [1.165, 1.54) is 0 Å². The van der Waals surface area contributed by atoms with Crippen LogP contribution in [0.1, 0.15) is 6.42 Å². The molecule has 0 unspecified atom stereocenters. The van der Waals surface area contributed by atoms with Crippen LogP contribution >= 0.6 is 11.8 Å². The normalized spacial score (nSPS) is 13.3. The third kappa shape index (κ3) is 8.03. The van der Waals surface area contributed by atoms with Crippen LogP contribution in [0.3, 0.4) is 0 Å². The predicted octanol–water partition coefficient (Wildman–Crippen LogP) is -0.449. The third-order valence-corrected chi connectivity index (χ3v) is 2.49. The highest BCUT2D eigenvalue weighted by Crippen LogP contribution is 2.03. The number of aliphatic carboxylic acids is 1. The van der Waals surface area contributed by atoms with E-state index in [9.17, 15) is 4.79 Å². The van der Waals surface area contributed by atoms with E-state index in [1.807, 2.05) is 0 Å². The number of thioether (sulfide) groups is 1. The number of carboxylic acid groups (broad SMARTS) is 1. The van der Waals surface area contributed by atoms with Gasteiger partial charge in [0.1, 0.15) is 6.04 Å². The average Bonchev–Trinajstić information content (AvgIpc) is 2.16. The number of aliphatic imine (C=N–C) groups is 1. The molecule has 0 saturated carbocycles. The molecule has 0 saturated heterocycles. The zero-order chi connectivity index (χ0) is 10.8. The van der Waals surface area contributed by atoms with Gasteiger partial charge in [-0.15, -0.1) is 0 Å². The van der Waals surface area contributed by atoms with Crippen molar-refractivity contribution in [3.8, 4) is 0 Å². The van der Waals surface area contributed by atoms with Gasteiger partial charge in [0.05, 0.1) is 0 Å². The first-order chi connectivity index (χ1) is 6.68. The Bertz CT molecular complexity index is 187. The highest BCUT2D eigenvalue weighted by atomic mass is 32.2. The number of rotatable bonds is 8. The second kappa shape index (κ2) is 8.98. The number of carboxylic acids is 1. The molecule has 0 rings (SSSR count). The van der Waals surface area contributed by atoms with Crippen LogP contribution in [0.4, 0.5) is 0 Å². The number of nitrogens with two attached hydrogens (primary N) is 2. The molecule has 0 aromatic rings. The van der Waals surface area contributed by atoms with Gasteiger partial charge in [-0.3, -0.25) is 9.79 Å². The van der Waals surface area contributed by atoms with Crippen molar-refractivity contribution < 1.29 is 9.90 Å². The van der Waals surface area contributed by atoms with Crippen molar-refractivity contribution in [2.45, 2.75) is 12.5 Å². The molecule has 0 aromatic heterocycles. The summed E-state index contributed by atoms with van der Waals surface area (Å²) in [5.74, 6) is 0.695. The molecular formula is C8H17N3O2S. The molecule has 0 aliphatic heterocycles. The number of nitrogens with zero attached hydrogens (tertiary/aromatic N) is 1. The van der Waals surface area contributed by atoms with Gasteiger partial charge in [-0.1, -0.05) is 0 Å². The van der Waals surface area contributed by atoms with Crippen LogP contribution in [-0.2, 0) is 4.79 Å². The third-order valence-electron chi connectivity index (χ3n) is 1.49. The quantitative estimate of drug-likeness (QED) is 0.379. The summed E-state index contributed by atoms with van der Waals surface area (Å²) < 4.78 is 0. The van der Waals surface area contributed by atoms with Crippen LogP contribution in [0.25, 0.3) is 0 Å². The smallest absolute Gasteiger partial charge is 0.320 e. The second-order valence-electron chi connectivity index (χ2n) is 2.67. The molecule has 6 heteroatoms. The Hall–Kier alpha value is -0.590. The van der Waals surface area contributed by atoms with Crippen LogP contribution in [0, 0.1) is 0 Å². The van der Waals surface area contributed by atoms with Gasteiger partial charge in [0, 0.05) is 25.1 Å². The standard InChI is InChI=1S/C8H17N3O2S/c9-2-3-11-4-6-14-5-1-7(10)8(12)13/h3,7H,1-2,4-6,9-10H2,(H,12,13)/t7-/m0/s1. The molecule has 0 fully saturated rings. The molecule has 0 aromatic carbocycles. The first-order valence-electron chi connectivity index (χ1n) is 4.43. The molecule has 0 aliphatic carbocycles. The number of hydrogen-bond donors (Lipinski definition) is 3. The van der Waals surface area contributed by atoms with E-state index >= 15 is 0 Å². The molecule has 14 heavy (non-hydrogen) atoms. The molecule has 0 radical (unpaired) electrons. The fraction of sp³-hybridized carbons (Fsp3) is 0.750. The summed E-state index contributed by atoms with van der Waals surface area (Å²) in [7, 11) is 0. The molecule has 82 valence electrons. The Balaban J connectivity index is 3.21. The maximum absolute atomic E-state index is 10.3. The minimum atomic E-state index is -0.938. The van der Waals surface area contributed by atoms with Crippen LogP contribution < -0.4 is 11.5 Å². The summed E-state index contributed by atoms with van der Waals surface area (Å²) in [5, 5.41) is 8.48. The Morgan fingerprint density at radius 3 is 2.86 bits per heavy atom. The van der Waals surface area contributed by atoms with Crippen LogP contribution in [-0.4, -0.2) is 47.9 Å². The molecule has 5 nitrogen and oxygen atoms in total. The van der Waals surface area contributed by atoms with E-state index < -0.39 is 12.0 Å². The SMILES string of the molecule is NCC=NCCSCC[C@H](N)C(=O)O. The van der Waals surface area contributed by atoms with Gasteiger partial charge in [-0.25, -0.2) is 0 Å². The van der Waals surface area contributed by atoms with Crippen LogP contribution in [0.2, 0.25) is 0 Å². The van der Waals surface area contributed by atoms with Crippen LogP contribution in [0.15, 0.2) is 4.99 Å². The Morgan fingerprint density at radius 1 is 1.57 bits per heavy atom. The zero-order valence-electron chi connectivity index (χ0n) is 8.06. The van der Waals surface area contributed by atoms with E-state index in [0.29, 0.717) is 13.0 Å². The molecule has 0 heterocycles. The lowest BCUT2D eigenvalue weighted by molar-refractivity contribution is -0.138. The highest BCUT2D eigenvalue weighted by molar-refractivity contribution is 7.99. The van der Waals surface area contributed by atoms with Gasteiger partial charge in [-0.05, 0) is 12.2 Å². The van der Waals surface area contributed by atoms with Gasteiger partial charge in [-0.2, -0.15) is 11.8 Å². The largest absolute Gasteiger partial charge is 0.480 e. The number of hydrogen-bond acceptors (Lipinski definition) is 5. The van der Waals surface area contributed by atoms with Gasteiger partial charge in [0.2, 0.25) is 0 Å². The Morgan fingerprint density at radius 2 is 2.29 bits per heavy atom. The van der Waals surface area contributed by atoms with Crippen molar-refractivity contribution in [3.05, 3.63) is 0 Å². The molecule has 0 bridgehead atoms. The maximum Gasteiger partial charge on any atom is 0.320 e. The monoisotopic (exact) mass is 219 g/mol. The molecule has 0 spiro atoms.